The molecule has 2 aromatic carbocycles. The molecule has 7 nitrogen and oxygen atoms in total. The molecule has 4 rings (SSSR count). The second kappa shape index (κ2) is 9.14. The second-order valence-corrected chi connectivity index (χ2v) is 7.27. The van der Waals surface area contributed by atoms with Gasteiger partial charge in [-0.3, -0.25) is 4.79 Å². The van der Waals surface area contributed by atoms with Crippen LogP contribution >= 0.6 is 0 Å². The lowest BCUT2D eigenvalue weighted by Crippen LogP contribution is -2.04. The summed E-state index contributed by atoms with van der Waals surface area (Å²) in [6.07, 6.45) is 5.02. The lowest BCUT2D eigenvalue weighted by atomic mass is 9.96. The molecule has 4 aromatic rings. The van der Waals surface area contributed by atoms with Crippen molar-refractivity contribution in [3.8, 4) is 22.9 Å². The number of hydrogen-bond acceptors (Lipinski definition) is 5. The van der Waals surface area contributed by atoms with Gasteiger partial charge in [-0.05, 0) is 41.5 Å². The second-order valence-electron chi connectivity index (χ2n) is 7.27. The molecule has 0 radical (unpaired) electrons. The first-order valence-electron chi connectivity index (χ1n) is 9.97. The fourth-order valence-electron chi connectivity index (χ4n) is 3.49. The van der Waals surface area contributed by atoms with Crippen molar-refractivity contribution in [3.63, 3.8) is 0 Å². The number of carboxylic acids is 1. The average Bonchev–Trinajstić information content (AvgIpc) is 3.30. The van der Waals surface area contributed by atoms with Gasteiger partial charge in [0.25, 0.3) is 0 Å². The minimum atomic E-state index is -0.866. The van der Waals surface area contributed by atoms with Crippen molar-refractivity contribution in [1.29, 1.82) is 5.26 Å². The summed E-state index contributed by atoms with van der Waals surface area (Å²) in [5.41, 5.74) is 4.93. The van der Waals surface area contributed by atoms with E-state index in [4.69, 9.17) is 15.1 Å². The van der Waals surface area contributed by atoms with E-state index in [9.17, 15) is 4.79 Å². The van der Waals surface area contributed by atoms with E-state index < -0.39 is 5.97 Å². The zero-order valence-electron chi connectivity index (χ0n) is 17.2. The van der Waals surface area contributed by atoms with Gasteiger partial charge in [-0.25, -0.2) is 9.50 Å². The Kier molecular flexibility index (Phi) is 5.95. The van der Waals surface area contributed by atoms with Crippen LogP contribution in [-0.4, -0.2) is 25.7 Å². The number of aliphatic carboxylic acids is 1. The maximum atomic E-state index is 11.0. The first-order valence-corrected chi connectivity index (χ1v) is 9.97. The van der Waals surface area contributed by atoms with Gasteiger partial charge < -0.3 is 9.84 Å². The number of rotatable bonds is 8. The summed E-state index contributed by atoms with van der Waals surface area (Å²) in [5.74, 6) is -0.454. The van der Waals surface area contributed by atoms with Gasteiger partial charge in [-0.1, -0.05) is 30.3 Å². The third kappa shape index (κ3) is 4.50. The molecule has 0 fully saturated rings. The fraction of sp³-hybridized carbons (Fsp3) is 0.120. The maximum Gasteiger partial charge on any atom is 0.304 e. The predicted molar refractivity (Wildman–Crippen MR) is 119 cm³/mol. The molecule has 2 aromatic heterocycles. The Bertz CT molecular complexity index is 1300. The number of hydrogen-bond donors (Lipinski definition) is 1. The first kappa shape index (κ1) is 20.8. The third-order valence-electron chi connectivity index (χ3n) is 5.18. The largest absolute Gasteiger partial charge is 0.489 e. The molecule has 0 aliphatic heterocycles. The normalized spacial score (nSPS) is 11.6. The van der Waals surface area contributed by atoms with E-state index in [1.807, 2.05) is 48.7 Å². The number of nitriles is 1. The van der Waals surface area contributed by atoms with E-state index in [1.54, 1.807) is 22.7 Å². The number of benzene rings is 2. The smallest absolute Gasteiger partial charge is 0.304 e. The molecular formula is C25H20N4O3. The fourth-order valence-corrected chi connectivity index (χ4v) is 3.49. The highest BCUT2D eigenvalue weighted by molar-refractivity contribution is 5.69. The number of pyridine rings is 1. The lowest BCUT2D eigenvalue weighted by Gasteiger charge is -2.13. The van der Waals surface area contributed by atoms with E-state index in [1.165, 1.54) is 6.33 Å². The molecule has 1 N–H and O–H groups in total. The van der Waals surface area contributed by atoms with Crippen molar-refractivity contribution in [2.24, 2.45) is 0 Å². The molecule has 0 saturated heterocycles. The predicted octanol–water partition coefficient (Wildman–Crippen LogP) is 4.59. The van der Waals surface area contributed by atoms with Crippen molar-refractivity contribution in [2.75, 3.05) is 0 Å². The van der Waals surface area contributed by atoms with Crippen LogP contribution in [0.3, 0.4) is 0 Å². The third-order valence-corrected chi connectivity index (χ3v) is 5.18. The minimum absolute atomic E-state index is 0.00327. The van der Waals surface area contributed by atoms with Gasteiger partial charge in [-0.15, -0.1) is 6.58 Å². The summed E-state index contributed by atoms with van der Waals surface area (Å²) in [6.45, 7) is 4.01. The van der Waals surface area contributed by atoms with Gasteiger partial charge in [0, 0.05) is 23.2 Å². The number of carbonyl (C=O) groups is 1. The SMILES string of the molecule is C=C[C@@H](CC(=O)O)c1ccc(OCc2cc(-c3ccc(C#N)cc3)cn3ncnc23)cc1. The van der Waals surface area contributed by atoms with Crippen LogP contribution in [0.25, 0.3) is 16.8 Å². The van der Waals surface area contributed by atoms with E-state index in [2.05, 4.69) is 22.7 Å². The first-order chi connectivity index (χ1) is 15.6. The zero-order chi connectivity index (χ0) is 22.5. The maximum absolute atomic E-state index is 11.0. The van der Waals surface area contributed by atoms with Crippen molar-refractivity contribution in [3.05, 3.63) is 96.5 Å². The van der Waals surface area contributed by atoms with E-state index in [-0.39, 0.29) is 18.9 Å². The molecule has 32 heavy (non-hydrogen) atoms. The molecule has 2 heterocycles. The average molecular weight is 424 g/mol. The number of ether oxygens (including phenoxy) is 1. The molecule has 0 aliphatic rings. The number of aromatic nitrogens is 3. The van der Waals surface area contributed by atoms with E-state index in [0.717, 1.165) is 22.3 Å². The molecule has 0 unspecified atom stereocenters. The van der Waals surface area contributed by atoms with Crippen molar-refractivity contribution in [2.45, 2.75) is 18.9 Å². The van der Waals surface area contributed by atoms with Crippen LogP contribution in [0.15, 0.2) is 79.8 Å². The molecule has 7 heteroatoms. The highest BCUT2D eigenvalue weighted by Crippen LogP contribution is 2.26. The van der Waals surface area contributed by atoms with Crippen LogP contribution in [0.5, 0.6) is 5.75 Å². The highest BCUT2D eigenvalue weighted by atomic mass is 16.5. The number of fused-ring (bicyclic) bond motifs is 1. The zero-order valence-corrected chi connectivity index (χ0v) is 17.2. The molecule has 158 valence electrons. The Morgan fingerprint density at radius 1 is 1.19 bits per heavy atom. The number of carboxylic acid groups (broad SMARTS) is 1. The lowest BCUT2D eigenvalue weighted by molar-refractivity contribution is -0.137. The van der Waals surface area contributed by atoms with Crippen LogP contribution in [0.1, 0.15) is 29.0 Å². The number of nitrogens with zero attached hydrogens (tertiary/aromatic N) is 4. The van der Waals surface area contributed by atoms with Crippen LogP contribution in [0, 0.1) is 11.3 Å². The van der Waals surface area contributed by atoms with Crippen LogP contribution in [0.2, 0.25) is 0 Å². The molecule has 1 atom stereocenters. The van der Waals surface area contributed by atoms with Gasteiger partial charge in [0.15, 0.2) is 5.65 Å². The summed E-state index contributed by atoms with van der Waals surface area (Å²) in [6, 6.07) is 18.8. The molecule has 0 aliphatic carbocycles. The summed E-state index contributed by atoms with van der Waals surface area (Å²) >= 11 is 0. The minimum Gasteiger partial charge on any atom is -0.489 e. The van der Waals surface area contributed by atoms with Crippen LogP contribution in [-0.2, 0) is 11.4 Å². The standard InChI is InChI=1S/C25H20N4O3/c1-2-18(12-24(30)31)19-7-9-23(10-8-19)32-15-22-11-21(14-29-25(22)27-16-28-29)20-5-3-17(13-26)4-6-20/h2-11,14,16,18H,1,12,15H2,(H,30,31)/t18-/m0/s1. The molecular weight excluding hydrogens is 404 g/mol. The van der Waals surface area contributed by atoms with Gasteiger partial charge in [0.2, 0.25) is 0 Å². The van der Waals surface area contributed by atoms with Crippen LogP contribution < -0.4 is 4.74 Å². The summed E-state index contributed by atoms with van der Waals surface area (Å²) in [4.78, 5) is 15.3. The Morgan fingerprint density at radius 2 is 1.94 bits per heavy atom. The number of allylic oxidation sites excluding steroid dienone is 1. The van der Waals surface area contributed by atoms with Gasteiger partial charge >= 0.3 is 5.97 Å². The Hall–Kier alpha value is -4.44. The Labute approximate surface area is 184 Å². The van der Waals surface area contributed by atoms with Gasteiger partial charge in [-0.2, -0.15) is 10.4 Å². The summed E-state index contributed by atoms with van der Waals surface area (Å²) in [7, 11) is 0. The highest BCUT2D eigenvalue weighted by Gasteiger charge is 2.13. The summed E-state index contributed by atoms with van der Waals surface area (Å²) < 4.78 is 7.68. The van der Waals surface area contributed by atoms with Gasteiger partial charge in [0.05, 0.1) is 18.1 Å². The topological polar surface area (TPSA) is 101 Å². The van der Waals surface area contributed by atoms with E-state index in [0.29, 0.717) is 17.0 Å². The summed E-state index contributed by atoms with van der Waals surface area (Å²) in [5, 5.41) is 22.3. The van der Waals surface area contributed by atoms with Crippen molar-refractivity contribution < 1.29 is 14.6 Å². The van der Waals surface area contributed by atoms with Crippen molar-refractivity contribution >= 4 is 11.6 Å². The molecule has 0 spiro atoms. The Morgan fingerprint density at radius 3 is 2.59 bits per heavy atom. The van der Waals surface area contributed by atoms with E-state index >= 15 is 0 Å². The van der Waals surface area contributed by atoms with Crippen molar-refractivity contribution in [1.82, 2.24) is 14.6 Å². The Balaban J connectivity index is 1.55. The quantitative estimate of drug-likeness (QED) is 0.415. The monoisotopic (exact) mass is 424 g/mol. The van der Waals surface area contributed by atoms with Crippen LogP contribution in [0.4, 0.5) is 0 Å². The van der Waals surface area contributed by atoms with Gasteiger partial charge in [0.1, 0.15) is 18.7 Å². The molecule has 0 amide bonds. The molecule has 0 bridgehead atoms. The molecule has 0 saturated carbocycles.